The highest BCUT2D eigenvalue weighted by Gasteiger charge is 2.50. The number of nitro benzene ring substituents is 1. The second kappa shape index (κ2) is 7.37. The number of nitro groups is 1. The van der Waals surface area contributed by atoms with Crippen molar-refractivity contribution in [3.8, 4) is 0 Å². The van der Waals surface area contributed by atoms with Crippen LogP contribution in [0.3, 0.4) is 0 Å². The van der Waals surface area contributed by atoms with Crippen LogP contribution in [0.5, 0.6) is 0 Å². The van der Waals surface area contributed by atoms with Crippen LogP contribution in [0.15, 0.2) is 34.6 Å². The molecule has 0 aliphatic heterocycles. The molecule has 4 aliphatic rings. The highest BCUT2D eigenvalue weighted by molar-refractivity contribution is 7.99. The average molecular weight is 428 g/mol. The van der Waals surface area contributed by atoms with E-state index in [0.29, 0.717) is 22.2 Å². The third-order valence-corrected chi connectivity index (χ3v) is 8.20. The van der Waals surface area contributed by atoms with Gasteiger partial charge in [0.15, 0.2) is 5.16 Å². The number of nitrogens with one attached hydrogen (secondary N) is 1. The quantitative estimate of drug-likeness (QED) is 0.555. The number of hydrogen-bond donors (Lipinski definition) is 1. The summed E-state index contributed by atoms with van der Waals surface area (Å²) in [5, 5.41) is 23.0. The molecular formula is C21H25N5O3S. The van der Waals surface area contributed by atoms with Gasteiger partial charge in [0.1, 0.15) is 6.33 Å². The summed E-state index contributed by atoms with van der Waals surface area (Å²) >= 11 is 1.16. The fourth-order valence-electron chi connectivity index (χ4n) is 6.23. The van der Waals surface area contributed by atoms with Gasteiger partial charge in [-0.2, -0.15) is 0 Å². The minimum absolute atomic E-state index is 0.0922. The van der Waals surface area contributed by atoms with E-state index < -0.39 is 4.92 Å². The predicted octanol–water partition coefficient (Wildman–Crippen LogP) is 3.82. The lowest BCUT2D eigenvalue weighted by Crippen LogP contribution is -2.51. The van der Waals surface area contributed by atoms with Gasteiger partial charge < -0.3 is 9.88 Å². The SMILES string of the molecule is Cn1cnnc1Sc1ccc(C(=O)NCC23CC4CC(CC(C4)C2)C3)cc1[N+](=O)[O-]. The van der Waals surface area contributed by atoms with Gasteiger partial charge in [-0.05, 0) is 85.6 Å². The molecule has 0 radical (unpaired) electrons. The van der Waals surface area contributed by atoms with Crippen molar-refractivity contribution in [2.45, 2.75) is 48.6 Å². The first-order chi connectivity index (χ1) is 14.4. The summed E-state index contributed by atoms with van der Waals surface area (Å²) in [5.74, 6) is 2.24. The Morgan fingerprint density at radius 2 is 1.93 bits per heavy atom. The van der Waals surface area contributed by atoms with Gasteiger partial charge in [-0.1, -0.05) is 0 Å². The second-order valence-electron chi connectivity index (χ2n) is 9.37. The second-order valence-corrected chi connectivity index (χ2v) is 10.4. The zero-order valence-electron chi connectivity index (χ0n) is 16.9. The van der Waals surface area contributed by atoms with Gasteiger partial charge in [0.05, 0.1) is 9.82 Å². The molecule has 1 aromatic heterocycles. The van der Waals surface area contributed by atoms with E-state index >= 15 is 0 Å². The molecule has 1 aromatic carbocycles. The predicted molar refractivity (Wildman–Crippen MR) is 111 cm³/mol. The van der Waals surface area contributed by atoms with E-state index in [1.54, 1.807) is 30.1 Å². The van der Waals surface area contributed by atoms with Crippen molar-refractivity contribution in [2.75, 3.05) is 6.54 Å². The molecule has 0 unspecified atom stereocenters. The summed E-state index contributed by atoms with van der Waals surface area (Å²) in [6.45, 7) is 0.679. The smallest absolute Gasteiger partial charge is 0.284 e. The molecule has 1 N–H and O–H groups in total. The Balaban J connectivity index is 1.30. The number of nitrogens with zero attached hydrogens (tertiary/aromatic N) is 4. The lowest BCUT2D eigenvalue weighted by Gasteiger charge is -2.56. The first kappa shape index (κ1) is 19.5. The molecular weight excluding hydrogens is 402 g/mol. The Bertz CT molecular complexity index is 969. The molecule has 1 heterocycles. The van der Waals surface area contributed by atoms with Gasteiger partial charge in [0, 0.05) is 25.2 Å². The maximum Gasteiger partial charge on any atom is 0.284 e. The molecule has 4 bridgehead atoms. The van der Waals surface area contributed by atoms with E-state index in [4.69, 9.17) is 0 Å². The van der Waals surface area contributed by atoms with Gasteiger partial charge in [-0.3, -0.25) is 14.9 Å². The van der Waals surface area contributed by atoms with Gasteiger partial charge in [-0.15, -0.1) is 10.2 Å². The van der Waals surface area contributed by atoms with Gasteiger partial charge in [0.2, 0.25) is 0 Å². The molecule has 0 saturated heterocycles. The Kier molecular flexibility index (Phi) is 4.80. The molecule has 158 valence electrons. The van der Waals surface area contributed by atoms with Crippen molar-refractivity contribution >= 4 is 23.4 Å². The van der Waals surface area contributed by atoms with Crippen LogP contribution < -0.4 is 5.32 Å². The zero-order chi connectivity index (χ0) is 20.9. The fourth-order valence-corrected chi connectivity index (χ4v) is 7.08. The number of benzene rings is 1. The van der Waals surface area contributed by atoms with E-state index in [9.17, 15) is 14.9 Å². The normalized spacial score (nSPS) is 29.2. The maximum atomic E-state index is 12.8. The number of amides is 1. The summed E-state index contributed by atoms with van der Waals surface area (Å²) in [4.78, 5) is 24.4. The van der Waals surface area contributed by atoms with Crippen LogP contribution in [0.2, 0.25) is 0 Å². The lowest BCUT2D eigenvalue weighted by atomic mass is 9.49. The van der Waals surface area contributed by atoms with Crippen molar-refractivity contribution in [1.29, 1.82) is 0 Å². The van der Waals surface area contributed by atoms with E-state index in [1.807, 2.05) is 0 Å². The van der Waals surface area contributed by atoms with Crippen LogP contribution in [0, 0.1) is 33.3 Å². The average Bonchev–Trinajstić information content (AvgIpc) is 3.10. The third kappa shape index (κ3) is 3.59. The Labute approximate surface area is 179 Å². The number of aromatic nitrogens is 3. The van der Waals surface area contributed by atoms with Crippen molar-refractivity contribution in [3.63, 3.8) is 0 Å². The highest BCUT2D eigenvalue weighted by Crippen LogP contribution is 2.59. The monoisotopic (exact) mass is 427 g/mol. The molecule has 6 rings (SSSR count). The molecule has 9 heteroatoms. The maximum absolute atomic E-state index is 12.8. The first-order valence-electron chi connectivity index (χ1n) is 10.5. The Morgan fingerprint density at radius 1 is 1.27 bits per heavy atom. The minimum Gasteiger partial charge on any atom is -0.351 e. The van der Waals surface area contributed by atoms with Crippen LogP contribution in [0.25, 0.3) is 0 Å². The van der Waals surface area contributed by atoms with Crippen LogP contribution >= 0.6 is 11.8 Å². The zero-order valence-corrected chi connectivity index (χ0v) is 17.7. The summed E-state index contributed by atoms with van der Waals surface area (Å²) in [6, 6.07) is 4.64. The number of hydrogen-bond acceptors (Lipinski definition) is 6. The largest absolute Gasteiger partial charge is 0.351 e. The topological polar surface area (TPSA) is 103 Å². The number of carbonyl (C=O) groups excluding carboxylic acids is 1. The van der Waals surface area contributed by atoms with Crippen LogP contribution in [0.4, 0.5) is 5.69 Å². The molecule has 8 nitrogen and oxygen atoms in total. The molecule has 30 heavy (non-hydrogen) atoms. The van der Waals surface area contributed by atoms with Crippen LogP contribution in [0.1, 0.15) is 48.9 Å². The summed E-state index contributed by atoms with van der Waals surface area (Å²) in [6.07, 6.45) is 9.28. The van der Waals surface area contributed by atoms with E-state index in [-0.39, 0.29) is 17.0 Å². The van der Waals surface area contributed by atoms with E-state index in [0.717, 1.165) is 29.5 Å². The van der Waals surface area contributed by atoms with Gasteiger partial charge in [-0.25, -0.2) is 0 Å². The number of aryl methyl sites for hydroxylation is 1. The Morgan fingerprint density at radius 3 is 2.50 bits per heavy atom. The summed E-state index contributed by atoms with van der Waals surface area (Å²) in [7, 11) is 1.78. The van der Waals surface area contributed by atoms with Crippen molar-refractivity contribution in [1.82, 2.24) is 20.1 Å². The van der Waals surface area contributed by atoms with Crippen molar-refractivity contribution < 1.29 is 9.72 Å². The molecule has 0 spiro atoms. The van der Waals surface area contributed by atoms with E-state index in [1.165, 1.54) is 44.6 Å². The van der Waals surface area contributed by atoms with Crippen LogP contribution in [-0.2, 0) is 7.05 Å². The van der Waals surface area contributed by atoms with Gasteiger partial charge in [0.25, 0.3) is 11.6 Å². The van der Waals surface area contributed by atoms with Crippen LogP contribution in [-0.4, -0.2) is 32.1 Å². The Hall–Kier alpha value is -2.42. The first-order valence-corrected chi connectivity index (χ1v) is 11.3. The van der Waals surface area contributed by atoms with Gasteiger partial charge >= 0.3 is 0 Å². The standard InChI is InChI=1S/C21H25N5O3S/c1-25-12-23-24-20(25)30-18-3-2-16(7-17(18)26(28)29)19(27)22-11-21-8-13-4-14(9-21)6-15(5-13)10-21/h2-3,7,12-15H,4-6,8-11H2,1H3,(H,22,27). The minimum atomic E-state index is -0.450. The van der Waals surface area contributed by atoms with Crippen molar-refractivity contribution in [3.05, 3.63) is 40.2 Å². The van der Waals surface area contributed by atoms with Crippen molar-refractivity contribution in [2.24, 2.45) is 30.2 Å². The lowest BCUT2D eigenvalue weighted by molar-refractivity contribution is -0.387. The molecule has 4 aliphatic carbocycles. The summed E-state index contributed by atoms with van der Waals surface area (Å²) in [5.41, 5.74) is 0.469. The van der Waals surface area contributed by atoms with E-state index in [2.05, 4.69) is 15.5 Å². The molecule has 4 fully saturated rings. The molecule has 4 saturated carbocycles. The number of rotatable bonds is 6. The summed E-state index contributed by atoms with van der Waals surface area (Å²) < 4.78 is 1.69. The number of carbonyl (C=O) groups is 1. The fraction of sp³-hybridized carbons (Fsp3) is 0.571. The molecule has 2 aromatic rings. The highest BCUT2D eigenvalue weighted by atomic mass is 32.2. The third-order valence-electron chi connectivity index (χ3n) is 7.08. The molecule has 0 atom stereocenters. The molecule has 1 amide bonds.